The number of carbonyl (C=O) groups is 1. The van der Waals surface area contributed by atoms with Gasteiger partial charge >= 0.3 is 0 Å². The molecule has 0 saturated carbocycles. The SMILES string of the molecule is O=C(Cc1csc(-c2ccccc2Cl)n1)NCc1ccccc1CN1CCCCC1. The van der Waals surface area contributed by atoms with Gasteiger partial charge in [0.2, 0.25) is 5.91 Å². The molecule has 6 heteroatoms. The Bertz CT molecular complexity index is 997. The fourth-order valence-electron chi connectivity index (χ4n) is 3.81. The molecule has 0 radical (unpaired) electrons. The second-order valence-electron chi connectivity index (χ2n) is 7.68. The Balaban J connectivity index is 1.34. The summed E-state index contributed by atoms with van der Waals surface area (Å²) in [6.07, 6.45) is 4.17. The van der Waals surface area contributed by atoms with Crippen molar-refractivity contribution in [1.82, 2.24) is 15.2 Å². The van der Waals surface area contributed by atoms with Crippen molar-refractivity contribution >= 4 is 28.8 Å². The molecule has 2 heterocycles. The number of amides is 1. The maximum Gasteiger partial charge on any atom is 0.226 e. The lowest BCUT2D eigenvalue weighted by Crippen LogP contribution is -2.30. The first-order valence-electron chi connectivity index (χ1n) is 10.4. The highest BCUT2D eigenvalue weighted by atomic mass is 35.5. The molecule has 0 bridgehead atoms. The first kappa shape index (κ1) is 21.0. The molecule has 1 aliphatic rings. The van der Waals surface area contributed by atoms with Crippen LogP contribution in [0.15, 0.2) is 53.9 Å². The van der Waals surface area contributed by atoms with Crippen molar-refractivity contribution < 1.29 is 4.79 Å². The predicted molar refractivity (Wildman–Crippen MR) is 124 cm³/mol. The number of halogens is 1. The fraction of sp³-hybridized carbons (Fsp3) is 0.333. The van der Waals surface area contributed by atoms with Gasteiger partial charge in [-0.25, -0.2) is 4.98 Å². The Morgan fingerprint density at radius 3 is 2.57 bits per heavy atom. The molecule has 0 atom stereocenters. The molecule has 1 aliphatic heterocycles. The van der Waals surface area contributed by atoms with Gasteiger partial charge in [0.05, 0.1) is 17.1 Å². The van der Waals surface area contributed by atoms with Gasteiger partial charge < -0.3 is 5.32 Å². The Hall–Kier alpha value is -2.21. The average molecular weight is 440 g/mol. The minimum atomic E-state index is -0.0150. The Morgan fingerprint density at radius 2 is 1.77 bits per heavy atom. The normalized spacial score (nSPS) is 14.6. The van der Waals surface area contributed by atoms with Gasteiger partial charge in [0.25, 0.3) is 0 Å². The van der Waals surface area contributed by atoms with Crippen LogP contribution in [-0.2, 0) is 24.3 Å². The van der Waals surface area contributed by atoms with E-state index in [0.29, 0.717) is 11.6 Å². The summed E-state index contributed by atoms with van der Waals surface area (Å²) in [4.78, 5) is 19.6. The van der Waals surface area contributed by atoms with Crippen LogP contribution in [0.3, 0.4) is 0 Å². The molecule has 1 N–H and O–H groups in total. The van der Waals surface area contributed by atoms with Crippen molar-refractivity contribution in [3.63, 3.8) is 0 Å². The number of thiazole rings is 1. The molecule has 1 fully saturated rings. The maximum atomic E-state index is 12.5. The summed E-state index contributed by atoms with van der Waals surface area (Å²) >= 11 is 7.77. The molecule has 1 amide bonds. The van der Waals surface area contributed by atoms with E-state index in [1.165, 1.54) is 41.7 Å². The summed E-state index contributed by atoms with van der Waals surface area (Å²) < 4.78 is 0. The highest BCUT2D eigenvalue weighted by Gasteiger charge is 2.14. The van der Waals surface area contributed by atoms with E-state index in [2.05, 4.69) is 33.4 Å². The summed E-state index contributed by atoms with van der Waals surface area (Å²) in [6, 6.07) is 16.0. The number of aromatic nitrogens is 1. The Morgan fingerprint density at radius 1 is 1.03 bits per heavy atom. The van der Waals surface area contributed by atoms with Gasteiger partial charge in [0.15, 0.2) is 0 Å². The van der Waals surface area contributed by atoms with Crippen molar-refractivity contribution in [2.24, 2.45) is 0 Å². The van der Waals surface area contributed by atoms with E-state index in [9.17, 15) is 4.79 Å². The van der Waals surface area contributed by atoms with E-state index in [1.54, 1.807) is 0 Å². The zero-order valence-electron chi connectivity index (χ0n) is 16.9. The number of hydrogen-bond acceptors (Lipinski definition) is 4. The van der Waals surface area contributed by atoms with Gasteiger partial charge in [0.1, 0.15) is 5.01 Å². The van der Waals surface area contributed by atoms with Crippen molar-refractivity contribution in [3.05, 3.63) is 75.8 Å². The topological polar surface area (TPSA) is 45.2 Å². The summed E-state index contributed by atoms with van der Waals surface area (Å²) in [5.74, 6) is -0.0150. The number of likely N-dealkylation sites (tertiary alicyclic amines) is 1. The van der Waals surface area contributed by atoms with Crippen molar-refractivity contribution in [1.29, 1.82) is 0 Å². The lowest BCUT2D eigenvalue weighted by Gasteiger charge is -2.27. The summed E-state index contributed by atoms with van der Waals surface area (Å²) in [6.45, 7) is 3.83. The number of piperidine rings is 1. The average Bonchev–Trinajstić information content (AvgIpc) is 3.22. The van der Waals surface area contributed by atoms with Crippen LogP contribution < -0.4 is 5.32 Å². The zero-order chi connectivity index (χ0) is 20.8. The summed E-state index contributed by atoms with van der Waals surface area (Å²) in [7, 11) is 0. The summed E-state index contributed by atoms with van der Waals surface area (Å²) in [5.41, 5.74) is 4.16. The van der Waals surface area contributed by atoms with Gasteiger partial charge in [-0.2, -0.15) is 0 Å². The second kappa shape index (κ2) is 10.2. The lowest BCUT2D eigenvalue weighted by molar-refractivity contribution is -0.120. The van der Waals surface area contributed by atoms with Crippen LogP contribution in [0.1, 0.15) is 36.1 Å². The highest BCUT2D eigenvalue weighted by molar-refractivity contribution is 7.13. The van der Waals surface area contributed by atoms with Gasteiger partial charge in [-0.3, -0.25) is 9.69 Å². The number of rotatable bonds is 7. The molecular weight excluding hydrogens is 414 g/mol. The first-order valence-corrected chi connectivity index (χ1v) is 11.7. The van der Waals surface area contributed by atoms with Crippen LogP contribution >= 0.6 is 22.9 Å². The minimum Gasteiger partial charge on any atom is -0.352 e. The molecule has 0 unspecified atom stereocenters. The van der Waals surface area contributed by atoms with E-state index in [1.807, 2.05) is 35.7 Å². The number of nitrogens with one attached hydrogen (secondary N) is 1. The number of hydrogen-bond donors (Lipinski definition) is 1. The molecule has 1 aromatic heterocycles. The molecule has 0 aliphatic carbocycles. The van der Waals surface area contributed by atoms with Crippen molar-refractivity contribution in [2.75, 3.05) is 13.1 Å². The highest BCUT2D eigenvalue weighted by Crippen LogP contribution is 2.30. The largest absolute Gasteiger partial charge is 0.352 e. The van der Waals surface area contributed by atoms with E-state index in [4.69, 9.17) is 11.6 Å². The molecule has 4 nitrogen and oxygen atoms in total. The van der Waals surface area contributed by atoms with Gasteiger partial charge in [-0.15, -0.1) is 11.3 Å². The van der Waals surface area contributed by atoms with Crippen molar-refractivity contribution in [2.45, 2.75) is 38.8 Å². The van der Waals surface area contributed by atoms with Crippen LogP contribution in [0.2, 0.25) is 5.02 Å². The van der Waals surface area contributed by atoms with E-state index < -0.39 is 0 Å². The van der Waals surface area contributed by atoms with Gasteiger partial charge in [0, 0.05) is 24.0 Å². The van der Waals surface area contributed by atoms with Crippen molar-refractivity contribution in [3.8, 4) is 10.6 Å². The molecule has 1 saturated heterocycles. The number of nitrogens with zero attached hydrogens (tertiary/aromatic N) is 2. The second-order valence-corrected chi connectivity index (χ2v) is 8.95. The Kier molecular flexibility index (Phi) is 7.16. The van der Waals surface area contributed by atoms with E-state index in [0.717, 1.165) is 35.9 Å². The van der Waals surface area contributed by atoms with Crippen LogP contribution in [0, 0.1) is 0 Å². The van der Waals surface area contributed by atoms with E-state index in [-0.39, 0.29) is 12.3 Å². The molecule has 156 valence electrons. The third-order valence-electron chi connectivity index (χ3n) is 5.43. The number of benzene rings is 2. The molecule has 0 spiro atoms. The monoisotopic (exact) mass is 439 g/mol. The van der Waals surface area contributed by atoms with Crippen LogP contribution in [0.25, 0.3) is 10.6 Å². The van der Waals surface area contributed by atoms with Crippen LogP contribution in [-0.4, -0.2) is 28.9 Å². The molecule has 30 heavy (non-hydrogen) atoms. The lowest BCUT2D eigenvalue weighted by atomic mass is 10.0. The maximum absolute atomic E-state index is 12.5. The first-order chi connectivity index (χ1) is 14.7. The standard InChI is InChI=1S/C24H26ClN3OS/c25-22-11-5-4-10-21(22)24-27-20(17-30-24)14-23(29)26-15-18-8-2-3-9-19(18)16-28-12-6-1-7-13-28/h2-5,8-11,17H,1,6-7,12-16H2,(H,26,29). The predicted octanol–water partition coefficient (Wildman–Crippen LogP) is 5.31. The molecule has 4 rings (SSSR count). The van der Waals surface area contributed by atoms with E-state index >= 15 is 0 Å². The molecule has 3 aromatic rings. The number of carbonyl (C=O) groups excluding carboxylic acids is 1. The van der Waals surface area contributed by atoms with Gasteiger partial charge in [-0.1, -0.05) is 60.5 Å². The van der Waals surface area contributed by atoms with Crippen LogP contribution in [0.5, 0.6) is 0 Å². The molecule has 2 aromatic carbocycles. The Labute approximate surface area is 186 Å². The fourth-order valence-corrected chi connectivity index (χ4v) is 4.95. The third kappa shape index (κ3) is 5.48. The zero-order valence-corrected chi connectivity index (χ0v) is 18.5. The van der Waals surface area contributed by atoms with Crippen LogP contribution in [0.4, 0.5) is 0 Å². The smallest absolute Gasteiger partial charge is 0.226 e. The quantitative estimate of drug-likeness (QED) is 0.542. The minimum absolute atomic E-state index is 0.0150. The molecular formula is C24H26ClN3OS. The third-order valence-corrected chi connectivity index (χ3v) is 6.69. The van der Waals surface area contributed by atoms with Gasteiger partial charge in [-0.05, 0) is 43.1 Å². The summed E-state index contributed by atoms with van der Waals surface area (Å²) in [5, 5.41) is 6.52.